The summed E-state index contributed by atoms with van der Waals surface area (Å²) < 4.78 is 6.88. The van der Waals surface area contributed by atoms with Gasteiger partial charge < -0.3 is 9.52 Å². The molecule has 110 valence electrons. The monoisotopic (exact) mass is 349 g/mol. The van der Waals surface area contributed by atoms with E-state index in [0.29, 0.717) is 12.6 Å². The van der Waals surface area contributed by atoms with Gasteiger partial charge in [0.25, 0.3) is 0 Å². The quantitative estimate of drug-likeness (QED) is 0.862. The van der Waals surface area contributed by atoms with Crippen molar-refractivity contribution in [1.29, 1.82) is 0 Å². The van der Waals surface area contributed by atoms with Gasteiger partial charge in [-0.2, -0.15) is 0 Å². The smallest absolute Gasteiger partial charge is 0.317 e. The van der Waals surface area contributed by atoms with Gasteiger partial charge in [-0.3, -0.25) is 9.69 Å². The molecule has 1 aromatic heterocycles. The van der Waals surface area contributed by atoms with Crippen LogP contribution in [-0.4, -0.2) is 28.6 Å². The molecule has 0 spiro atoms. The van der Waals surface area contributed by atoms with Gasteiger partial charge in [0.2, 0.25) is 0 Å². The van der Waals surface area contributed by atoms with Gasteiger partial charge in [0, 0.05) is 16.1 Å². The third-order valence-electron chi connectivity index (χ3n) is 3.55. The molecule has 1 aliphatic rings. The molecule has 0 saturated heterocycles. The Morgan fingerprint density at radius 1 is 1.24 bits per heavy atom. The average molecular weight is 350 g/mol. The summed E-state index contributed by atoms with van der Waals surface area (Å²) in [6, 6.07) is 12.2. The number of hydrogen-bond acceptors (Lipinski definition) is 3. The number of rotatable bonds is 6. The lowest BCUT2D eigenvalue weighted by Crippen LogP contribution is -2.31. The predicted octanol–water partition coefficient (Wildman–Crippen LogP) is 3.76. The van der Waals surface area contributed by atoms with Gasteiger partial charge >= 0.3 is 5.97 Å². The highest BCUT2D eigenvalue weighted by Gasteiger charge is 2.30. The van der Waals surface area contributed by atoms with Crippen molar-refractivity contribution < 1.29 is 14.3 Å². The second-order valence-corrected chi connectivity index (χ2v) is 6.22. The second-order valence-electron chi connectivity index (χ2n) is 5.30. The minimum Gasteiger partial charge on any atom is -0.480 e. The van der Waals surface area contributed by atoms with Crippen LogP contribution < -0.4 is 0 Å². The number of carboxylic acids is 1. The first-order chi connectivity index (χ1) is 10.1. The minimum atomic E-state index is -0.790. The first-order valence-corrected chi connectivity index (χ1v) is 7.71. The molecule has 0 atom stereocenters. The molecule has 4 nitrogen and oxygen atoms in total. The van der Waals surface area contributed by atoms with Crippen molar-refractivity contribution in [3.8, 4) is 11.3 Å². The SMILES string of the molecule is O=C(O)CN(Cc1ccc(-c2ccc(Br)cc2)o1)C1CC1. The van der Waals surface area contributed by atoms with Crippen LogP contribution in [0.3, 0.4) is 0 Å². The lowest BCUT2D eigenvalue weighted by atomic mass is 10.2. The summed E-state index contributed by atoms with van der Waals surface area (Å²) in [4.78, 5) is 12.9. The van der Waals surface area contributed by atoms with E-state index in [1.165, 1.54) is 0 Å². The molecular weight excluding hydrogens is 334 g/mol. The molecule has 1 aliphatic carbocycles. The van der Waals surface area contributed by atoms with Crippen LogP contribution in [0.15, 0.2) is 45.3 Å². The normalized spacial score (nSPS) is 14.6. The Labute approximate surface area is 131 Å². The van der Waals surface area contributed by atoms with Crippen molar-refractivity contribution in [2.24, 2.45) is 0 Å². The molecule has 21 heavy (non-hydrogen) atoms. The Morgan fingerprint density at radius 2 is 1.95 bits per heavy atom. The average Bonchev–Trinajstić information content (AvgIpc) is 3.19. The summed E-state index contributed by atoms with van der Waals surface area (Å²) in [5.41, 5.74) is 1.01. The maximum atomic E-state index is 10.9. The van der Waals surface area contributed by atoms with Crippen LogP contribution >= 0.6 is 15.9 Å². The van der Waals surface area contributed by atoms with Crippen LogP contribution in [0.25, 0.3) is 11.3 Å². The molecule has 1 fully saturated rings. The molecule has 2 aromatic rings. The zero-order chi connectivity index (χ0) is 14.8. The van der Waals surface area contributed by atoms with E-state index < -0.39 is 5.97 Å². The molecule has 1 saturated carbocycles. The molecule has 5 heteroatoms. The van der Waals surface area contributed by atoms with E-state index >= 15 is 0 Å². The van der Waals surface area contributed by atoms with Crippen molar-refractivity contribution in [1.82, 2.24) is 4.90 Å². The fourth-order valence-electron chi connectivity index (χ4n) is 2.36. The Balaban J connectivity index is 1.72. The predicted molar refractivity (Wildman–Crippen MR) is 82.9 cm³/mol. The van der Waals surface area contributed by atoms with Crippen molar-refractivity contribution in [2.75, 3.05) is 6.54 Å². The van der Waals surface area contributed by atoms with Crippen molar-refractivity contribution in [3.63, 3.8) is 0 Å². The van der Waals surface area contributed by atoms with Crippen LogP contribution in [-0.2, 0) is 11.3 Å². The highest BCUT2D eigenvalue weighted by Crippen LogP contribution is 2.30. The third kappa shape index (κ3) is 3.74. The second kappa shape index (κ2) is 6.03. The molecule has 3 rings (SSSR count). The van der Waals surface area contributed by atoms with Gasteiger partial charge in [-0.15, -0.1) is 0 Å². The van der Waals surface area contributed by atoms with Crippen molar-refractivity contribution in [2.45, 2.75) is 25.4 Å². The van der Waals surface area contributed by atoms with Gasteiger partial charge in [-0.05, 0) is 37.1 Å². The summed E-state index contributed by atoms with van der Waals surface area (Å²) in [5.74, 6) is 0.825. The van der Waals surface area contributed by atoms with E-state index in [-0.39, 0.29) is 6.54 Å². The van der Waals surface area contributed by atoms with Crippen LogP contribution in [0, 0.1) is 0 Å². The number of carbonyl (C=O) groups is 1. The molecule has 1 aromatic carbocycles. The van der Waals surface area contributed by atoms with Gasteiger partial charge in [0.05, 0.1) is 13.1 Å². The Kier molecular flexibility index (Phi) is 4.12. The number of nitrogens with zero attached hydrogens (tertiary/aromatic N) is 1. The molecule has 0 unspecified atom stereocenters. The molecule has 1 heterocycles. The summed E-state index contributed by atoms with van der Waals surface area (Å²) in [6.07, 6.45) is 2.15. The molecule has 0 aliphatic heterocycles. The zero-order valence-corrected chi connectivity index (χ0v) is 13.0. The number of hydrogen-bond donors (Lipinski definition) is 1. The fraction of sp³-hybridized carbons (Fsp3) is 0.312. The Morgan fingerprint density at radius 3 is 2.57 bits per heavy atom. The van der Waals surface area contributed by atoms with E-state index in [1.807, 2.05) is 41.3 Å². The highest BCUT2D eigenvalue weighted by molar-refractivity contribution is 9.10. The minimum absolute atomic E-state index is 0.0684. The molecule has 0 bridgehead atoms. The van der Waals surface area contributed by atoms with Crippen LogP contribution in [0.5, 0.6) is 0 Å². The lowest BCUT2D eigenvalue weighted by Gasteiger charge is -2.17. The molecular formula is C16H16BrNO3. The first-order valence-electron chi connectivity index (χ1n) is 6.92. The largest absolute Gasteiger partial charge is 0.480 e. The zero-order valence-electron chi connectivity index (χ0n) is 11.5. The topological polar surface area (TPSA) is 53.7 Å². The Hall–Kier alpha value is -1.59. The number of benzene rings is 1. The first kappa shape index (κ1) is 14.4. The number of furan rings is 1. The van der Waals surface area contributed by atoms with E-state index in [4.69, 9.17) is 9.52 Å². The summed E-state index contributed by atoms with van der Waals surface area (Å²) in [5, 5.41) is 8.97. The maximum absolute atomic E-state index is 10.9. The van der Waals surface area contributed by atoms with Crippen LogP contribution in [0.2, 0.25) is 0 Å². The number of halogens is 1. The summed E-state index contributed by atoms with van der Waals surface area (Å²) >= 11 is 3.41. The number of aliphatic carboxylic acids is 1. The van der Waals surface area contributed by atoms with E-state index in [1.54, 1.807) is 0 Å². The summed E-state index contributed by atoms with van der Waals surface area (Å²) in [6.45, 7) is 0.618. The van der Waals surface area contributed by atoms with Gasteiger partial charge in [-0.1, -0.05) is 28.1 Å². The van der Waals surface area contributed by atoms with E-state index in [2.05, 4.69) is 15.9 Å². The standard InChI is InChI=1S/C16H16BrNO3/c17-12-3-1-11(2-4-12)15-8-7-14(21-15)9-18(10-16(19)20)13-5-6-13/h1-4,7-8,13H,5-6,9-10H2,(H,19,20). The lowest BCUT2D eigenvalue weighted by molar-refractivity contribution is -0.138. The fourth-order valence-corrected chi connectivity index (χ4v) is 2.62. The molecule has 0 radical (unpaired) electrons. The van der Waals surface area contributed by atoms with E-state index in [0.717, 1.165) is 34.4 Å². The number of carboxylic acid groups (broad SMARTS) is 1. The maximum Gasteiger partial charge on any atom is 0.317 e. The third-order valence-corrected chi connectivity index (χ3v) is 4.08. The van der Waals surface area contributed by atoms with Gasteiger partial charge in [0.1, 0.15) is 11.5 Å². The van der Waals surface area contributed by atoms with Crippen molar-refractivity contribution >= 4 is 21.9 Å². The van der Waals surface area contributed by atoms with Crippen LogP contribution in [0.4, 0.5) is 0 Å². The molecule has 1 N–H and O–H groups in total. The summed E-state index contributed by atoms with van der Waals surface area (Å²) in [7, 11) is 0. The van der Waals surface area contributed by atoms with Crippen LogP contribution in [0.1, 0.15) is 18.6 Å². The Bertz CT molecular complexity index is 631. The van der Waals surface area contributed by atoms with Gasteiger partial charge in [0.15, 0.2) is 0 Å². The highest BCUT2D eigenvalue weighted by atomic mass is 79.9. The van der Waals surface area contributed by atoms with Gasteiger partial charge in [-0.25, -0.2) is 0 Å². The van der Waals surface area contributed by atoms with E-state index in [9.17, 15) is 4.79 Å². The van der Waals surface area contributed by atoms with Crippen molar-refractivity contribution in [3.05, 3.63) is 46.6 Å². The molecule has 0 amide bonds.